The number of nitrogens with one attached hydrogen (secondary N) is 2. The third kappa shape index (κ3) is 4.27. The van der Waals surface area contributed by atoms with Crippen LogP contribution in [0.1, 0.15) is 11.1 Å². The number of hydrogen-bond donors (Lipinski definition) is 2. The maximum atomic E-state index is 11.9. The van der Waals surface area contributed by atoms with Crippen molar-refractivity contribution in [1.82, 2.24) is 20.1 Å². The molecule has 1 aromatic carbocycles. The number of fused-ring (bicyclic) bond motifs is 1. The fraction of sp³-hybridized carbons (Fsp3) is 0.250. The molecule has 0 radical (unpaired) electrons. The standard InChI is InChI=1S/C16H17ClN4O.ClH/c1-11-7-20-21(9-11)10-16(22)18-5-4-12-8-19-15-3-2-13(17)6-14(12)15;/h2-3,6-9,19H,4-5,10H2,1H3,(H,18,22);1H. The fourth-order valence-corrected chi connectivity index (χ4v) is 2.62. The van der Waals surface area contributed by atoms with Crippen LogP contribution in [0.25, 0.3) is 10.9 Å². The van der Waals surface area contributed by atoms with Crippen LogP contribution in [0.15, 0.2) is 36.8 Å². The van der Waals surface area contributed by atoms with Gasteiger partial charge in [-0.3, -0.25) is 9.48 Å². The van der Waals surface area contributed by atoms with Crippen molar-refractivity contribution < 1.29 is 4.79 Å². The van der Waals surface area contributed by atoms with E-state index in [4.69, 9.17) is 11.6 Å². The number of nitrogens with zero attached hydrogens (tertiary/aromatic N) is 2. The van der Waals surface area contributed by atoms with Crippen molar-refractivity contribution in [3.05, 3.63) is 52.9 Å². The fourth-order valence-electron chi connectivity index (χ4n) is 2.45. The molecule has 0 aliphatic rings. The summed E-state index contributed by atoms with van der Waals surface area (Å²) in [5.74, 6) is -0.0408. The SMILES string of the molecule is Cc1cnn(CC(=O)NCCc2c[nH]c3ccc(Cl)cc23)c1.Cl. The van der Waals surface area contributed by atoms with Crippen LogP contribution < -0.4 is 5.32 Å². The lowest BCUT2D eigenvalue weighted by Crippen LogP contribution is -2.29. The molecule has 5 nitrogen and oxygen atoms in total. The van der Waals surface area contributed by atoms with Gasteiger partial charge in [0.1, 0.15) is 6.54 Å². The van der Waals surface area contributed by atoms with E-state index >= 15 is 0 Å². The monoisotopic (exact) mass is 352 g/mol. The quantitative estimate of drug-likeness (QED) is 0.740. The topological polar surface area (TPSA) is 62.7 Å². The van der Waals surface area contributed by atoms with Gasteiger partial charge in [-0.1, -0.05) is 11.6 Å². The van der Waals surface area contributed by atoms with Gasteiger partial charge in [0, 0.05) is 34.9 Å². The van der Waals surface area contributed by atoms with E-state index in [0.29, 0.717) is 11.6 Å². The van der Waals surface area contributed by atoms with Crippen LogP contribution >= 0.6 is 24.0 Å². The van der Waals surface area contributed by atoms with E-state index < -0.39 is 0 Å². The van der Waals surface area contributed by atoms with E-state index in [-0.39, 0.29) is 24.9 Å². The normalized spacial score (nSPS) is 10.5. The zero-order chi connectivity index (χ0) is 15.5. The summed E-state index contributed by atoms with van der Waals surface area (Å²) >= 11 is 6.03. The van der Waals surface area contributed by atoms with E-state index in [1.807, 2.05) is 37.5 Å². The molecule has 122 valence electrons. The minimum atomic E-state index is -0.0408. The zero-order valence-electron chi connectivity index (χ0n) is 12.7. The van der Waals surface area contributed by atoms with Gasteiger partial charge in [0.05, 0.1) is 6.20 Å². The van der Waals surface area contributed by atoms with Crippen molar-refractivity contribution >= 4 is 40.8 Å². The largest absolute Gasteiger partial charge is 0.361 e. The summed E-state index contributed by atoms with van der Waals surface area (Å²) in [4.78, 5) is 15.1. The van der Waals surface area contributed by atoms with Crippen molar-refractivity contribution in [2.45, 2.75) is 19.9 Å². The smallest absolute Gasteiger partial charge is 0.241 e. The molecule has 2 heterocycles. The minimum Gasteiger partial charge on any atom is -0.361 e. The molecular formula is C16H18Cl2N4O. The average Bonchev–Trinajstić information content (AvgIpc) is 3.05. The number of aromatic amines is 1. The van der Waals surface area contributed by atoms with Gasteiger partial charge in [0.2, 0.25) is 5.91 Å². The molecule has 1 amide bonds. The Balaban J connectivity index is 0.00000192. The van der Waals surface area contributed by atoms with E-state index in [1.165, 1.54) is 0 Å². The molecule has 3 rings (SSSR count). The molecule has 0 bridgehead atoms. The Morgan fingerprint density at radius 2 is 2.26 bits per heavy atom. The number of halogens is 2. The van der Waals surface area contributed by atoms with Gasteiger partial charge in [-0.25, -0.2) is 0 Å². The molecule has 0 atom stereocenters. The number of rotatable bonds is 5. The molecular weight excluding hydrogens is 335 g/mol. The lowest BCUT2D eigenvalue weighted by Gasteiger charge is -2.05. The van der Waals surface area contributed by atoms with Crippen molar-refractivity contribution in [2.75, 3.05) is 6.54 Å². The summed E-state index contributed by atoms with van der Waals surface area (Å²) in [6.07, 6.45) is 6.30. The third-order valence-electron chi connectivity index (χ3n) is 3.51. The first-order chi connectivity index (χ1) is 10.6. The molecule has 0 unspecified atom stereocenters. The molecule has 0 spiro atoms. The molecule has 2 aromatic heterocycles. The van der Waals surface area contributed by atoms with Crippen LogP contribution in [-0.2, 0) is 17.8 Å². The molecule has 0 fully saturated rings. The van der Waals surface area contributed by atoms with Crippen LogP contribution in [0.4, 0.5) is 0 Å². The maximum absolute atomic E-state index is 11.9. The zero-order valence-corrected chi connectivity index (χ0v) is 14.2. The molecule has 2 N–H and O–H groups in total. The second kappa shape index (κ2) is 7.53. The lowest BCUT2D eigenvalue weighted by molar-refractivity contribution is -0.121. The molecule has 23 heavy (non-hydrogen) atoms. The van der Waals surface area contributed by atoms with Gasteiger partial charge >= 0.3 is 0 Å². The Morgan fingerprint density at radius 3 is 3.00 bits per heavy atom. The predicted octanol–water partition coefficient (Wildman–Crippen LogP) is 3.11. The van der Waals surface area contributed by atoms with E-state index in [0.717, 1.165) is 28.5 Å². The van der Waals surface area contributed by atoms with Crippen molar-refractivity contribution in [2.24, 2.45) is 0 Å². The number of aromatic nitrogens is 3. The van der Waals surface area contributed by atoms with Crippen LogP contribution in [0.3, 0.4) is 0 Å². The first-order valence-corrected chi connectivity index (χ1v) is 7.51. The van der Waals surface area contributed by atoms with E-state index in [2.05, 4.69) is 15.4 Å². The van der Waals surface area contributed by atoms with Gasteiger partial charge in [-0.15, -0.1) is 12.4 Å². The summed E-state index contributed by atoms with van der Waals surface area (Å²) < 4.78 is 1.64. The first kappa shape index (κ1) is 17.4. The Kier molecular flexibility index (Phi) is 5.69. The number of carbonyl (C=O) groups is 1. The van der Waals surface area contributed by atoms with Gasteiger partial charge in [0.15, 0.2) is 0 Å². The number of H-pyrrole nitrogens is 1. The summed E-state index contributed by atoms with van der Waals surface area (Å²) in [5, 5.41) is 8.83. The highest BCUT2D eigenvalue weighted by atomic mass is 35.5. The third-order valence-corrected chi connectivity index (χ3v) is 3.75. The summed E-state index contributed by atoms with van der Waals surface area (Å²) in [5.41, 5.74) is 3.24. The van der Waals surface area contributed by atoms with Gasteiger partial charge in [0.25, 0.3) is 0 Å². The molecule has 0 saturated heterocycles. The lowest BCUT2D eigenvalue weighted by atomic mass is 10.1. The van der Waals surface area contributed by atoms with E-state index in [1.54, 1.807) is 10.9 Å². The second-order valence-corrected chi connectivity index (χ2v) is 5.76. The number of benzene rings is 1. The molecule has 0 saturated carbocycles. The first-order valence-electron chi connectivity index (χ1n) is 7.13. The highest BCUT2D eigenvalue weighted by Gasteiger charge is 2.06. The van der Waals surface area contributed by atoms with Crippen LogP contribution in [-0.4, -0.2) is 27.2 Å². The molecule has 3 aromatic rings. The second-order valence-electron chi connectivity index (χ2n) is 5.32. The predicted molar refractivity (Wildman–Crippen MR) is 94.2 cm³/mol. The molecule has 7 heteroatoms. The Labute approximate surface area is 145 Å². The Morgan fingerprint density at radius 1 is 1.43 bits per heavy atom. The Bertz CT molecular complexity index is 809. The molecule has 0 aliphatic heterocycles. The van der Waals surface area contributed by atoms with Crippen LogP contribution in [0.5, 0.6) is 0 Å². The minimum absolute atomic E-state index is 0. The van der Waals surface area contributed by atoms with E-state index in [9.17, 15) is 4.79 Å². The van der Waals surface area contributed by atoms with Gasteiger partial charge in [-0.2, -0.15) is 5.10 Å². The summed E-state index contributed by atoms with van der Waals surface area (Å²) in [7, 11) is 0. The number of aryl methyl sites for hydroxylation is 1. The number of carbonyl (C=O) groups excluding carboxylic acids is 1. The highest BCUT2D eigenvalue weighted by Crippen LogP contribution is 2.22. The van der Waals surface area contributed by atoms with Crippen molar-refractivity contribution in [3.63, 3.8) is 0 Å². The average molecular weight is 353 g/mol. The number of amides is 1. The summed E-state index contributed by atoms with van der Waals surface area (Å²) in [6, 6.07) is 5.76. The number of hydrogen-bond acceptors (Lipinski definition) is 2. The maximum Gasteiger partial charge on any atom is 0.241 e. The van der Waals surface area contributed by atoms with Crippen molar-refractivity contribution in [3.8, 4) is 0 Å². The highest BCUT2D eigenvalue weighted by molar-refractivity contribution is 6.31. The molecule has 0 aliphatic carbocycles. The van der Waals surface area contributed by atoms with Gasteiger partial charge < -0.3 is 10.3 Å². The Hall–Kier alpha value is -1.98. The summed E-state index contributed by atoms with van der Waals surface area (Å²) in [6.45, 7) is 2.77. The van der Waals surface area contributed by atoms with Crippen LogP contribution in [0.2, 0.25) is 5.02 Å². The van der Waals surface area contributed by atoms with Crippen molar-refractivity contribution in [1.29, 1.82) is 0 Å². The van der Waals surface area contributed by atoms with Crippen LogP contribution in [0, 0.1) is 6.92 Å². The van der Waals surface area contributed by atoms with Gasteiger partial charge in [-0.05, 0) is 42.7 Å².